The smallest absolute Gasteiger partial charge is 0.410 e. The lowest BCUT2D eigenvalue weighted by Crippen LogP contribution is -2.52. The fourth-order valence-corrected chi connectivity index (χ4v) is 3.29. The second-order valence-electron chi connectivity index (χ2n) is 8.71. The molecule has 0 bridgehead atoms. The van der Waals surface area contributed by atoms with E-state index in [0.717, 1.165) is 6.42 Å². The Morgan fingerprint density at radius 2 is 1.71 bits per heavy atom. The van der Waals surface area contributed by atoms with Gasteiger partial charge in [-0.1, -0.05) is 13.8 Å². The maximum atomic E-state index is 12.6. The zero-order valence-corrected chi connectivity index (χ0v) is 17.1. The molecule has 0 saturated carbocycles. The van der Waals surface area contributed by atoms with Crippen molar-refractivity contribution in [1.82, 2.24) is 4.90 Å². The van der Waals surface area contributed by atoms with Crippen LogP contribution in [0.2, 0.25) is 0 Å². The third-order valence-corrected chi connectivity index (χ3v) is 4.40. The minimum atomic E-state index is -0.513. The Hall–Kier alpha value is -1.21. The molecule has 0 aliphatic heterocycles. The van der Waals surface area contributed by atoms with Gasteiger partial charge in [-0.3, -0.25) is 0 Å². The monoisotopic (exact) mass is 339 g/mol. The number of aliphatic hydroxyl groups excluding tert-OH is 1. The lowest BCUT2D eigenvalue weighted by molar-refractivity contribution is -0.0115. The molecule has 0 radical (unpaired) electrons. The first kappa shape index (κ1) is 22.8. The summed E-state index contributed by atoms with van der Waals surface area (Å²) in [6.07, 6.45) is 1.12. The van der Waals surface area contributed by atoms with Crippen molar-refractivity contribution in [2.75, 3.05) is 13.2 Å². The molecule has 0 heterocycles. The highest BCUT2D eigenvalue weighted by atomic mass is 16.6. The van der Waals surface area contributed by atoms with Crippen molar-refractivity contribution in [3.63, 3.8) is 0 Å². The summed E-state index contributed by atoms with van der Waals surface area (Å²) in [5.41, 5.74) is -1.05. The predicted octanol–water partition coefficient (Wildman–Crippen LogP) is 4.46. The molecule has 0 spiro atoms. The normalized spacial score (nSPS) is 13.8. The van der Waals surface area contributed by atoms with Gasteiger partial charge in [0.25, 0.3) is 0 Å². The maximum Gasteiger partial charge on any atom is 0.410 e. The summed E-state index contributed by atoms with van der Waals surface area (Å²) >= 11 is 0. The molecule has 0 aliphatic rings. The summed E-state index contributed by atoms with van der Waals surface area (Å²) in [7, 11) is 0. The minimum absolute atomic E-state index is 0.0709. The summed E-state index contributed by atoms with van der Waals surface area (Å²) in [5, 5.41) is 9.77. The maximum absolute atomic E-state index is 12.6. The zero-order chi connectivity index (χ0) is 19.2. The van der Waals surface area contributed by atoms with E-state index in [4.69, 9.17) is 4.74 Å². The summed E-state index contributed by atoms with van der Waals surface area (Å²) in [4.78, 5) is 14.3. The van der Waals surface area contributed by atoms with Gasteiger partial charge in [0.05, 0.1) is 0 Å². The van der Waals surface area contributed by atoms with E-state index in [-0.39, 0.29) is 29.6 Å². The van der Waals surface area contributed by atoms with Crippen molar-refractivity contribution < 1.29 is 14.6 Å². The largest absolute Gasteiger partial charge is 0.444 e. The molecule has 0 aromatic carbocycles. The van der Waals surface area contributed by atoms with E-state index in [2.05, 4.69) is 39.5 Å². The molecule has 1 atom stereocenters. The Morgan fingerprint density at radius 1 is 1.17 bits per heavy atom. The van der Waals surface area contributed by atoms with Gasteiger partial charge in [-0.25, -0.2) is 4.79 Å². The van der Waals surface area contributed by atoms with Crippen LogP contribution in [-0.2, 0) is 4.74 Å². The summed E-state index contributed by atoms with van der Waals surface area (Å²) in [6.45, 7) is 18.5. The van der Waals surface area contributed by atoms with Crippen molar-refractivity contribution in [1.29, 1.82) is 0 Å². The van der Waals surface area contributed by atoms with Crippen LogP contribution in [0, 0.1) is 23.2 Å². The Labute approximate surface area is 149 Å². The molecule has 4 heteroatoms. The van der Waals surface area contributed by atoms with Crippen LogP contribution in [0.25, 0.3) is 0 Å². The van der Waals surface area contributed by atoms with Gasteiger partial charge in [0.2, 0.25) is 0 Å². The van der Waals surface area contributed by atoms with Crippen molar-refractivity contribution in [3.8, 4) is 11.8 Å². The quantitative estimate of drug-likeness (QED) is 0.697. The number of hydrogen-bond donors (Lipinski definition) is 1. The number of rotatable bonds is 7. The molecule has 1 N–H and O–H groups in total. The van der Waals surface area contributed by atoms with Gasteiger partial charge in [0, 0.05) is 25.1 Å². The topological polar surface area (TPSA) is 49.8 Å². The van der Waals surface area contributed by atoms with Crippen LogP contribution < -0.4 is 0 Å². The van der Waals surface area contributed by atoms with E-state index in [1.54, 1.807) is 4.90 Å². The van der Waals surface area contributed by atoms with E-state index in [1.807, 2.05) is 34.6 Å². The molecular weight excluding hydrogens is 302 g/mol. The van der Waals surface area contributed by atoms with Crippen LogP contribution in [0.5, 0.6) is 0 Å². The fraction of sp³-hybridized carbons (Fsp3) is 0.850. The Kier molecular flexibility index (Phi) is 8.32. The molecule has 1 unspecified atom stereocenters. The number of ether oxygens (including phenoxy) is 1. The fourth-order valence-electron chi connectivity index (χ4n) is 3.29. The average Bonchev–Trinajstić information content (AvgIpc) is 2.35. The van der Waals surface area contributed by atoms with Crippen molar-refractivity contribution in [3.05, 3.63) is 0 Å². The second-order valence-corrected chi connectivity index (χ2v) is 8.71. The van der Waals surface area contributed by atoms with Gasteiger partial charge in [-0.2, -0.15) is 0 Å². The number of carbonyl (C=O) groups excluding carboxylic acids is 1. The standard InChI is InChI=1S/C20H37NO3/c1-10-12-13-16(14-22)19(6,7)15-20(8,9)21(11-2)17(23)24-18(3,4)5/h16,22H,11,13-15H2,1-9H3. The van der Waals surface area contributed by atoms with Crippen LogP contribution in [0.3, 0.4) is 0 Å². The van der Waals surface area contributed by atoms with E-state index >= 15 is 0 Å². The van der Waals surface area contributed by atoms with Gasteiger partial charge < -0.3 is 14.7 Å². The number of aliphatic hydroxyl groups is 1. The first-order chi connectivity index (χ1) is 10.8. The Bertz CT molecular complexity index is 464. The highest BCUT2D eigenvalue weighted by molar-refractivity contribution is 5.69. The van der Waals surface area contributed by atoms with Crippen LogP contribution in [-0.4, -0.2) is 40.4 Å². The molecule has 0 aliphatic carbocycles. The van der Waals surface area contributed by atoms with E-state index in [0.29, 0.717) is 13.0 Å². The van der Waals surface area contributed by atoms with Gasteiger partial charge in [0.1, 0.15) is 5.60 Å². The summed E-state index contributed by atoms with van der Waals surface area (Å²) < 4.78 is 5.56. The molecule has 24 heavy (non-hydrogen) atoms. The molecule has 4 nitrogen and oxygen atoms in total. The molecule has 0 aromatic heterocycles. The molecule has 0 fully saturated rings. The van der Waals surface area contributed by atoms with Gasteiger partial charge in [-0.15, -0.1) is 11.8 Å². The van der Waals surface area contributed by atoms with Crippen LogP contribution in [0.1, 0.15) is 75.2 Å². The van der Waals surface area contributed by atoms with E-state index < -0.39 is 5.60 Å². The zero-order valence-electron chi connectivity index (χ0n) is 17.1. The predicted molar refractivity (Wildman–Crippen MR) is 99.7 cm³/mol. The van der Waals surface area contributed by atoms with Gasteiger partial charge in [0.15, 0.2) is 0 Å². The molecule has 140 valence electrons. The number of amides is 1. The highest BCUT2D eigenvalue weighted by Crippen LogP contribution is 2.39. The van der Waals surface area contributed by atoms with Gasteiger partial charge in [-0.05, 0) is 66.2 Å². The van der Waals surface area contributed by atoms with Crippen LogP contribution >= 0.6 is 0 Å². The number of carbonyl (C=O) groups is 1. The lowest BCUT2D eigenvalue weighted by atomic mass is 9.70. The molecular formula is C20H37NO3. The second kappa shape index (κ2) is 8.76. The van der Waals surface area contributed by atoms with Crippen LogP contribution in [0.4, 0.5) is 4.79 Å². The van der Waals surface area contributed by atoms with Crippen LogP contribution in [0.15, 0.2) is 0 Å². The Morgan fingerprint density at radius 3 is 2.08 bits per heavy atom. The molecule has 0 saturated heterocycles. The van der Waals surface area contributed by atoms with E-state index in [9.17, 15) is 9.90 Å². The first-order valence-electron chi connectivity index (χ1n) is 8.81. The Balaban J connectivity index is 5.30. The summed E-state index contributed by atoms with van der Waals surface area (Å²) in [5.74, 6) is 6.04. The third-order valence-electron chi connectivity index (χ3n) is 4.40. The number of hydrogen-bond acceptors (Lipinski definition) is 3. The van der Waals surface area contributed by atoms with Crippen molar-refractivity contribution >= 4 is 6.09 Å². The molecule has 0 aromatic rings. The summed E-state index contributed by atoms with van der Waals surface area (Å²) in [6, 6.07) is 0. The van der Waals surface area contributed by atoms with Crippen molar-refractivity contribution in [2.45, 2.75) is 86.3 Å². The minimum Gasteiger partial charge on any atom is -0.444 e. The third kappa shape index (κ3) is 7.13. The first-order valence-corrected chi connectivity index (χ1v) is 8.81. The highest BCUT2D eigenvalue weighted by Gasteiger charge is 2.40. The van der Waals surface area contributed by atoms with E-state index in [1.165, 1.54) is 0 Å². The number of nitrogens with zero attached hydrogens (tertiary/aromatic N) is 1. The van der Waals surface area contributed by atoms with Crippen molar-refractivity contribution in [2.24, 2.45) is 11.3 Å². The lowest BCUT2D eigenvalue weighted by Gasteiger charge is -2.45. The average molecular weight is 340 g/mol. The molecule has 0 rings (SSSR count). The van der Waals surface area contributed by atoms with Gasteiger partial charge >= 0.3 is 6.09 Å². The molecule has 1 amide bonds. The SMILES string of the molecule is CC#CCC(CO)C(C)(C)CC(C)(C)N(CC)C(=O)OC(C)(C)C.